The molecule has 0 spiro atoms. The number of nitriles is 3. The van der Waals surface area contributed by atoms with Gasteiger partial charge < -0.3 is 15.2 Å². The summed E-state index contributed by atoms with van der Waals surface area (Å²) in [5, 5.41) is 30.6. The topological polar surface area (TPSA) is 116 Å². The van der Waals surface area contributed by atoms with Crippen LogP contribution in [-0.4, -0.2) is 13.2 Å². The average molecular weight is 459 g/mol. The predicted molar refractivity (Wildman–Crippen MR) is 130 cm³/mol. The Morgan fingerprint density at radius 1 is 1.09 bits per heavy atom. The van der Waals surface area contributed by atoms with Gasteiger partial charge in [-0.3, -0.25) is 0 Å². The minimum Gasteiger partial charge on any atom is -0.490 e. The molecule has 2 N–H and O–H groups in total. The molecule has 1 aromatic carbocycles. The fourth-order valence-electron chi connectivity index (χ4n) is 5.29. The predicted octanol–water partition coefficient (Wildman–Crippen LogP) is 5.74. The van der Waals surface area contributed by atoms with Gasteiger partial charge in [0.15, 0.2) is 16.9 Å². The molecule has 6 heteroatoms. The van der Waals surface area contributed by atoms with Crippen molar-refractivity contribution in [3.05, 3.63) is 46.7 Å². The standard InChI is InChI=1S/C28H34N4O2/c1-6-12-34-23-11-8-18(13-24(23)33-7-2)25-21-14-19(27(3,4)5)9-10-20(21)22(15-29)26(32)28(25,16-30)17-31/h8,10-11,13,19,21,25H,6-7,9,12,14,32H2,1-5H3/t19-,21-,25+/m1/s1. The van der Waals surface area contributed by atoms with E-state index < -0.39 is 11.3 Å². The van der Waals surface area contributed by atoms with E-state index in [2.05, 4.69) is 45.1 Å². The Kier molecular flexibility index (Phi) is 7.28. The highest BCUT2D eigenvalue weighted by Gasteiger charge is 2.55. The summed E-state index contributed by atoms with van der Waals surface area (Å²) < 4.78 is 11.7. The number of allylic oxidation sites excluding steroid dienone is 4. The zero-order valence-electron chi connectivity index (χ0n) is 20.8. The van der Waals surface area contributed by atoms with Crippen LogP contribution in [0.1, 0.15) is 65.4 Å². The van der Waals surface area contributed by atoms with E-state index in [0.29, 0.717) is 30.6 Å². The van der Waals surface area contributed by atoms with Crippen molar-refractivity contribution in [2.75, 3.05) is 13.2 Å². The maximum Gasteiger partial charge on any atom is 0.191 e. The lowest BCUT2D eigenvalue weighted by Gasteiger charge is -2.47. The van der Waals surface area contributed by atoms with E-state index in [-0.39, 0.29) is 22.6 Å². The van der Waals surface area contributed by atoms with Gasteiger partial charge in [0.05, 0.1) is 36.6 Å². The summed E-state index contributed by atoms with van der Waals surface area (Å²) >= 11 is 0. The zero-order valence-corrected chi connectivity index (χ0v) is 20.8. The highest BCUT2D eigenvalue weighted by molar-refractivity contribution is 5.60. The molecular weight excluding hydrogens is 424 g/mol. The molecule has 2 aliphatic rings. The fourth-order valence-corrected chi connectivity index (χ4v) is 5.29. The van der Waals surface area contributed by atoms with Crippen molar-refractivity contribution in [3.63, 3.8) is 0 Å². The van der Waals surface area contributed by atoms with E-state index in [9.17, 15) is 15.8 Å². The van der Waals surface area contributed by atoms with Gasteiger partial charge in [-0.1, -0.05) is 39.8 Å². The van der Waals surface area contributed by atoms with Crippen LogP contribution in [0.5, 0.6) is 11.5 Å². The van der Waals surface area contributed by atoms with Crippen molar-refractivity contribution in [2.45, 2.75) is 59.8 Å². The van der Waals surface area contributed by atoms with Crippen molar-refractivity contribution in [3.8, 4) is 29.7 Å². The molecule has 0 radical (unpaired) electrons. The van der Waals surface area contributed by atoms with E-state index in [1.165, 1.54) is 0 Å². The van der Waals surface area contributed by atoms with Crippen LogP contribution in [0, 0.1) is 56.7 Å². The number of ether oxygens (including phenoxy) is 2. The summed E-state index contributed by atoms with van der Waals surface area (Å²) in [6.45, 7) is 11.6. The summed E-state index contributed by atoms with van der Waals surface area (Å²) in [5.41, 5.74) is 6.82. The number of rotatable bonds is 6. The number of benzene rings is 1. The Balaban J connectivity index is 2.25. The lowest BCUT2D eigenvalue weighted by Crippen LogP contribution is -2.44. The third-order valence-corrected chi connectivity index (χ3v) is 7.19. The van der Waals surface area contributed by atoms with Crippen molar-refractivity contribution in [1.29, 1.82) is 15.8 Å². The summed E-state index contributed by atoms with van der Waals surface area (Å²) in [7, 11) is 0. The largest absolute Gasteiger partial charge is 0.490 e. The lowest BCUT2D eigenvalue weighted by atomic mass is 9.54. The molecule has 0 unspecified atom stereocenters. The van der Waals surface area contributed by atoms with Gasteiger partial charge in [0.2, 0.25) is 0 Å². The first kappa shape index (κ1) is 25.2. The molecule has 0 fully saturated rings. The van der Waals surface area contributed by atoms with Crippen LogP contribution in [0.2, 0.25) is 0 Å². The SMILES string of the molecule is CCCOc1ccc([C@H]2[C@@H]3C[C@H](C(C)(C)C)CC=C3C(C#N)=C(N)C2(C#N)C#N)cc1OCC. The molecule has 1 aromatic rings. The van der Waals surface area contributed by atoms with Crippen LogP contribution in [0.15, 0.2) is 41.1 Å². The van der Waals surface area contributed by atoms with Crippen LogP contribution in [0.4, 0.5) is 0 Å². The molecule has 0 heterocycles. The van der Waals surface area contributed by atoms with E-state index in [1.807, 2.05) is 32.0 Å². The molecule has 2 aliphatic carbocycles. The fraction of sp³-hybridized carbons (Fsp3) is 0.536. The molecule has 34 heavy (non-hydrogen) atoms. The molecule has 3 rings (SSSR count). The van der Waals surface area contributed by atoms with Crippen molar-refractivity contribution < 1.29 is 9.47 Å². The monoisotopic (exact) mass is 458 g/mol. The van der Waals surface area contributed by atoms with Crippen LogP contribution in [0.25, 0.3) is 0 Å². The number of hydrogen-bond acceptors (Lipinski definition) is 6. The first-order valence-electron chi connectivity index (χ1n) is 12.0. The molecule has 0 aromatic heterocycles. The minimum absolute atomic E-state index is 0.0440. The Hall–Kier alpha value is -3.43. The molecule has 6 nitrogen and oxygen atoms in total. The molecule has 0 saturated carbocycles. The Morgan fingerprint density at radius 2 is 1.79 bits per heavy atom. The van der Waals surface area contributed by atoms with Crippen molar-refractivity contribution in [2.24, 2.45) is 28.4 Å². The normalized spacial score (nSPS) is 23.6. The van der Waals surface area contributed by atoms with E-state index in [1.54, 1.807) is 0 Å². The van der Waals surface area contributed by atoms with Crippen LogP contribution in [0.3, 0.4) is 0 Å². The number of hydrogen-bond donors (Lipinski definition) is 1. The highest BCUT2D eigenvalue weighted by atomic mass is 16.5. The minimum atomic E-state index is -1.65. The molecule has 3 atom stereocenters. The molecule has 178 valence electrons. The van der Waals surface area contributed by atoms with E-state index in [4.69, 9.17) is 15.2 Å². The average Bonchev–Trinajstić information content (AvgIpc) is 2.82. The third-order valence-electron chi connectivity index (χ3n) is 7.19. The van der Waals surface area contributed by atoms with Gasteiger partial charge in [0.1, 0.15) is 6.07 Å². The number of nitrogens with zero attached hydrogens (tertiary/aromatic N) is 3. The molecular formula is C28H34N4O2. The third kappa shape index (κ3) is 4.24. The smallest absolute Gasteiger partial charge is 0.191 e. The Morgan fingerprint density at radius 3 is 2.35 bits per heavy atom. The Bertz CT molecular complexity index is 1110. The van der Waals surface area contributed by atoms with Gasteiger partial charge in [-0.15, -0.1) is 0 Å². The second-order valence-corrected chi connectivity index (χ2v) is 10.2. The van der Waals surface area contributed by atoms with Crippen molar-refractivity contribution in [1.82, 2.24) is 0 Å². The van der Waals surface area contributed by atoms with E-state index >= 15 is 0 Å². The van der Waals surface area contributed by atoms with Gasteiger partial charge in [-0.05, 0) is 66.7 Å². The van der Waals surface area contributed by atoms with Crippen LogP contribution < -0.4 is 15.2 Å². The first-order chi connectivity index (χ1) is 16.2. The lowest BCUT2D eigenvalue weighted by molar-refractivity contribution is 0.170. The van der Waals surface area contributed by atoms with Crippen LogP contribution >= 0.6 is 0 Å². The van der Waals surface area contributed by atoms with Gasteiger partial charge in [-0.2, -0.15) is 15.8 Å². The summed E-state index contributed by atoms with van der Waals surface area (Å²) in [6.07, 6.45) is 4.57. The summed E-state index contributed by atoms with van der Waals surface area (Å²) in [4.78, 5) is 0. The van der Waals surface area contributed by atoms with Crippen molar-refractivity contribution >= 4 is 0 Å². The quantitative estimate of drug-likeness (QED) is 0.581. The zero-order chi connectivity index (χ0) is 25.1. The van der Waals surface area contributed by atoms with E-state index in [0.717, 1.165) is 30.4 Å². The Labute approximate surface area is 203 Å². The summed E-state index contributed by atoms with van der Waals surface area (Å²) in [6, 6.07) is 12.3. The maximum absolute atomic E-state index is 10.3. The maximum atomic E-state index is 10.3. The second kappa shape index (κ2) is 9.82. The van der Waals surface area contributed by atoms with Gasteiger partial charge in [0.25, 0.3) is 0 Å². The summed E-state index contributed by atoms with van der Waals surface area (Å²) in [5.74, 6) is 0.847. The molecule has 0 bridgehead atoms. The van der Waals surface area contributed by atoms with Gasteiger partial charge >= 0.3 is 0 Å². The van der Waals surface area contributed by atoms with Crippen LogP contribution in [-0.2, 0) is 0 Å². The second-order valence-electron chi connectivity index (χ2n) is 10.2. The van der Waals surface area contributed by atoms with Gasteiger partial charge in [-0.25, -0.2) is 0 Å². The van der Waals surface area contributed by atoms with Gasteiger partial charge in [0, 0.05) is 5.92 Å². The molecule has 0 saturated heterocycles. The number of nitrogens with two attached hydrogens (primary N) is 1. The first-order valence-corrected chi connectivity index (χ1v) is 12.0. The molecule has 0 amide bonds. The highest BCUT2D eigenvalue weighted by Crippen LogP contribution is 2.58. The molecule has 0 aliphatic heterocycles. The number of fused-ring (bicyclic) bond motifs is 1.